The van der Waals surface area contributed by atoms with Gasteiger partial charge in [-0.3, -0.25) is 0 Å². The SMILES string of the molecule is CCC(=C\c1sc2ccc(C)cc2[n+]1CCCS(=O)(=O)[O-])/C=C1/Sc2ccc(/C=C/c3ccccc3)cc2N1CC. The average Bonchev–Trinajstić information content (AvgIpc) is 3.47. The molecule has 5 rings (SSSR count). The third kappa shape index (κ3) is 7.19. The van der Waals surface area contributed by atoms with Crippen molar-refractivity contribution < 1.29 is 17.5 Å². The molecular formula is C33H34N2O3S3. The molecule has 212 valence electrons. The maximum Gasteiger partial charge on any atom is 0.263 e. The van der Waals surface area contributed by atoms with E-state index in [1.807, 2.05) is 18.2 Å². The Morgan fingerprint density at radius 3 is 2.51 bits per heavy atom. The second-order valence-corrected chi connectivity index (χ2v) is 13.7. The van der Waals surface area contributed by atoms with Gasteiger partial charge in [-0.1, -0.05) is 84.6 Å². The van der Waals surface area contributed by atoms with E-state index in [-0.39, 0.29) is 12.2 Å². The molecule has 0 saturated heterocycles. The van der Waals surface area contributed by atoms with Gasteiger partial charge in [-0.2, -0.15) is 4.57 Å². The molecule has 0 aliphatic carbocycles. The summed E-state index contributed by atoms with van der Waals surface area (Å²) in [5.41, 5.74) is 6.97. The summed E-state index contributed by atoms with van der Waals surface area (Å²) in [6, 6.07) is 23.3. The normalized spacial score (nSPS) is 15.0. The van der Waals surface area contributed by atoms with Crippen molar-refractivity contribution in [3.63, 3.8) is 0 Å². The van der Waals surface area contributed by atoms with E-state index in [4.69, 9.17) is 0 Å². The predicted molar refractivity (Wildman–Crippen MR) is 173 cm³/mol. The first-order chi connectivity index (χ1) is 19.7. The maximum atomic E-state index is 11.3. The van der Waals surface area contributed by atoms with Gasteiger partial charge in [0.05, 0.1) is 20.8 Å². The Bertz CT molecular complexity index is 1750. The molecule has 0 fully saturated rings. The van der Waals surface area contributed by atoms with Gasteiger partial charge in [-0.25, -0.2) is 8.42 Å². The highest BCUT2D eigenvalue weighted by Gasteiger charge is 2.25. The minimum atomic E-state index is -4.25. The second kappa shape index (κ2) is 12.8. The van der Waals surface area contributed by atoms with Crippen molar-refractivity contribution in [1.29, 1.82) is 0 Å². The first kappa shape index (κ1) is 29.3. The highest BCUT2D eigenvalue weighted by Crippen LogP contribution is 2.47. The van der Waals surface area contributed by atoms with Crippen LogP contribution in [0, 0.1) is 6.92 Å². The number of fused-ring (bicyclic) bond motifs is 2. The molecule has 41 heavy (non-hydrogen) atoms. The first-order valence-corrected chi connectivity index (χ1v) is 17.1. The fraction of sp³-hybridized carbons (Fsp3) is 0.242. The Balaban J connectivity index is 1.45. The standard InChI is InChI=1S/C33H34N2O3S3/c1-4-25(23-33-35(18-9-19-41(36,37)38)28-20-24(3)12-16-30(28)40-33)22-32-34(5-2)29-21-27(15-17-31(29)39-32)14-13-26-10-7-6-8-11-26/h6-8,10-17,20-23H,4-5,9,18-19H2,1-3H3/b14-13+. The van der Waals surface area contributed by atoms with Crippen LogP contribution in [0.3, 0.4) is 0 Å². The van der Waals surface area contributed by atoms with E-state index < -0.39 is 10.1 Å². The minimum absolute atomic E-state index is 0.287. The van der Waals surface area contributed by atoms with Crippen LogP contribution in [0.1, 0.15) is 48.4 Å². The molecule has 0 unspecified atom stereocenters. The van der Waals surface area contributed by atoms with E-state index in [0.29, 0.717) is 6.54 Å². The average molecular weight is 603 g/mol. The van der Waals surface area contributed by atoms with Gasteiger partial charge in [0.2, 0.25) is 5.52 Å². The Morgan fingerprint density at radius 1 is 1.00 bits per heavy atom. The topological polar surface area (TPSA) is 64.3 Å². The molecule has 8 heteroatoms. The molecule has 0 bridgehead atoms. The molecule has 0 saturated carbocycles. The van der Waals surface area contributed by atoms with Crippen LogP contribution in [0.2, 0.25) is 0 Å². The number of aromatic nitrogens is 1. The monoisotopic (exact) mass is 602 g/mol. The number of allylic oxidation sites excluding steroid dienone is 2. The van der Waals surface area contributed by atoms with Crippen molar-refractivity contribution in [2.75, 3.05) is 17.2 Å². The molecule has 1 aromatic heterocycles. The zero-order valence-corrected chi connectivity index (χ0v) is 26.0. The van der Waals surface area contributed by atoms with Gasteiger partial charge in [-0.15, -0.1) is 0 Å². The fourth-order valence-electron chi connectivity index (χ4n) is 4.92. The Morgan fingerprint density at radius 2 is 1.78 bits per heavy atom. The summed E-state index contributed by atoms with van der Waals surface area (Å²) in [6.07, 6.45) is 9.93. The molecule has 0 N–H and O–H groups in total. The number of hydrogen-bond acceptors (Lipinski definition) is 6. The Kier molecular flexibility index (Phi) is 9.14. The Labute approximate surface area is 251 Å². The summed E-state index contributed by atoms with van der Waals surface area (Å²) in [5, 5.41) is 2.25. The van der Waals surface area contributed by atoms with E-state index >= 15 is 0 Å². The molecule has 0 radical (unpaired) electrons. The minimum Gasteiger partial charge on any atom is -0.748 e. The summed E-state index contributed by atoms with van der Waals surface area (Å²) >= 11 is 3.48. The maximum absolute atomic E-state index is 11.3. The van der Waals surface area contributed by atoms with E-state index in [9.17, 15) is 13.0 Å². The largest absolute Gasteiger partial charge is 0.748 e. The van der Waals surface area contributed by atoms with Crippen LogP contribution in [0.5, 0.6) is 0 Å². The van der Waals surface area contributed by atoms with Crippen molar-refractivity contribution in [2.24, 2.45) is 0 Å². The molecular weight excluding hydrogens is 569 g/mol. The van der Waals surface area contributed by atoms with Crippen LogP contribution in [0.25, 0.3) is 28.4 Å². The van der Waals surface area contributed by atoms with Crippen molar-refractivity contribution in [2.45, 2.75) is 45.1 Å². The van der Waals surface area contributed by atoms with Crippen LogP contribution in [-0.2, 0) is 16.7 Å². The molecule has 4 aromatic rings. The summed E-state index contributed by atoms with van der Waals surface area (Å²) in [7, 11) is -4.25. The number of nitrogens with zero attached hydrogens (tertiary/aromatic N) is 2. The summed E-state index contributed by atoms with van der Waals surface area (Å²) < 4.78 is 37.1. The first-order valence-electron chi connectivity index (χ1n) is 13.9. The van der Waals surface area contributed by atoms with Crippen molar-refractivity contribution >= 4 is 67.3 Å². The third-order valence-corrected chi connectivity index (χ3v) is 10.0. The van der Waals surface area contributed by atoms with Crippen LogP contribution in [0.15, 0.2) is 88.3 Å². The van der Waals surface area contributed by atoms with Crippen LogP contribution in [0.4, 0.5) is 5.69 Å². The highest BCUT2D eigenvalue weighted by atomic mass is 32.2. The lowest BCUT2D eigenvalue weighted by atomic mass is 10.1. The predicted octanol–water partition coefficient (Wildman–Crippen LogP) is 7.87. The van der Waals surface area contributed by atoms with Crippen molar-refractivity contribution in [3.05, 3.63) is 105 Å². The molecule has 1 aliphatic heterocycles. The van der Waals surface area contributed by atoms with Gasteiger partial charge >= 0.3 is 0 Å². The molecule has 5 nitrogen and oxygen atoms in total. The number of hydrogen-bond donors (Lipinski definition) is 0. The lowest BCUT2D eigenvalue weighted by molar-refractivity contribution is -0.668. The molecule has 3 aromatic carbocycles. The van der Waals surface area contributed by atoms with E-state index in [0.717, 1.165) is 33.8 Å². The number of benzene rings is 3. The highest BCUT2D eigenvalue weighted by molar-refractivity contribution is 8.03. The number of thiazole rings is 1. The van der Waals surface area contributed by atoms with Crippen LogP contribution >= 0.6 is 23.1 Å². The molecule has 0 amide bonds. The van der Waals surface area contributed by atoms with Gasteiger partial charge in [0.15, 0.2) is 6.54 Å². The fourth-order valence-corrected chi connectivity index (χ4v) is 7.73. The van der Waals surface area contributed by atoms with E-state index in [1.54, 1.807) is 23.1 Å². The van der Waals surface area contributed by atoms with Gasteiger partial charge in [0.1, 0.15) is 4.70 Å². The molecule has 0 atom stereocenters. The van der Waals surface area contributed by atoms with Crippen LogP contribution < -0.4 is 9.47 Å². The van der Waals surface area contributed by atoms with Crippen molar-refractivity contribution in [1.82, 2.24) is 0 Å². The number of aryl methyl sites for hydroxylation is 2. The Hall–Kier alpha value is -3.17. The van der Waals surface area contributed by atoms with Crippen LogP contribution in [-0.4, -0.2) is 25.3 Å². The second-order valence-electron chi connectivity index (χ2n) is 10.1. The van der Waals surface area contributed by atoms with Gasteiger partial charge in [-0.05, 0) is 66.8 Å². The zero-order valence-electron chi connectivity index (χ0n) is 23.5. The van der Waals surface area contributed by atoms with Gasteiger partial charge < -0.3 is 9.45 Å². The third-order valence-electron chi connectivity index (χ3n) is 7.03. The summed E-state index contributed by atoms with van der Waals surface area (Å²) in [5.74, 6) is -0.361. The summed E-state index contributed by atoms with van der Waals surface area (Å²) in [4.78, 5) is 3.61. The van der Waals surface area contributed by atoms with E-state index in [2.05, 4.69) is 103 Å². The smallest absolute Gasteiger partial charge is 0.263 e. The molecule has 2 heterocycles. The summed E-state index contributed by atoms with van der Waals surface area (Å²) in [6.45, 7) is 7.73. The lowest BCUT2D eigenvalue weighted by Crippen LogP contribution is -2.36. The molecule has 1 aliphatic rings. The molecule has 0 spiro atoms. The lowest BCUT2D eigenvalue weighted by Gasteiger charge is -2.18. The number of thioether (sulfide) groups is 1. The van der Waals surface area contributed by atoms with Crippen molar-refractivity contribution in [3.8, 4) is 0 Å². The van der Waals surface area contributed by atoms with Gasteiger partial charge in [0.25, 0.3) is 5.01 Å². The number of rotatable bonds is 10. The quantitative estimate of drug-likeness (QED) is 0.105. The zero-order chi connectivity index (χ0) is 29.0. The number of anilines is 1. The van der Waals surface area contributed by atoms with E-state index in [1.165, 1.54) is 32.3 Å². The van der Waals surface area contributed by atoms with Gasteiger partial charge in [0, 0.05) is 35.8 Å².